The van der Waals surface area contributed by atoms with E-state index in [-0.39, 0.29) is 5.82 Å². The molecule has 18 heavy (non-hydrogen) atoms. The summed E-state index contributed by atoms with van der Waals surface area (Å²) in [4.78, 5) is 0. The highest BCUT2D eigenvalue weighted by Crippen LogP contribution is 2.21. The lowest BCUT2D eigenvalue weighted by Crippen LogP contribution is -2.24. The Hall–Kier alpha value is -1.67. The lowest BCUT2D eigenvalue weighted by molar-refractivity contribution is 0.627. The minimum Gasteiger partial charge on any atom is -0.312 e. The van der Waals surface area contributed by atoms with Gasteiger partial charge < -0.3 is 5.32 Å². The molecule has 1 aliphatic rings. The number of nitrogens with one attached hydrogen (secondary N) is 1. The van der Waals surface area contributed by atoms with Crippen molar-refractivity contribution in [2.45, 2.75) is 19.4 Å². The van der Waals surface area contributed by atoms with Gasteiger partial charge >= 0.3 is 0 Å². The Balaban J connectivity index is 1.90. The normalized spacial score (nSPS) is 14.3. The third-order valence-corrected chi connectivity index (χ3v) is 3.55. The first kappa shape index (κ1) is 11.4. The maximum atomic E-state index is 12.9. The summed E-state index contributed by atoms with van der Waals surface area (Å²) < 4.78 is 12.9. The summed E-state index contributed by atoms with van der Waals surface area (Å²) in [6.07, 6.45) is 1.98. The van der Waals surface area contributed by atoms with Crippen molar-refractivity contribution in [2.75, 3.05) is 6.54 Å². The quantitative estimate of drug-likeness (QED) is 0.852. The number of fused-ring (bicyclic) bond motifs is 1. The molecule has 0 bridgehead atoms. The van der Waals surface area contributed by atoms with Crippen LogP contribution in [0.15, 0.2) is 42.5 Å². The fourth-order valence-electron chi connectivity index (χ4n) is 2.57. The second-order valence-electron chi connectivity index (χ2n) is 4.78. The first-order valence-electron chi connectivity index (χ1n) is 6.38. The van der Waals surface area contributed by atoms with E-state index in [1.807, 2.05) is 12.1 Å². The summed E-state index contributed by atoms with van der Waals surface area (Å²) in [5, 5.41) is 3.42. The van der Waals surface area contributed by atoms with Gasteiger partial charge in [0.2, 0.25) is 0 Å². The van der Waals surface area contributed by atoms with Crippen molar-refractivity contribution < 1.29 is 4.39 Å². The molecule has 2 aromatic carbocycles. The van der Waals surface area contributed by atoms with Crippen molar-refractivity contribution in [1.82, 2.24) is 5.32 Å². The highest BCUT2D eigenvalue weighted by molar-refractivity contribution is 5.39. The van der Waals surface area contributed by atoms with Crippen molar-refractivity contribution >= 4 is 0 Å². The van der Waals surface area contributed by atoms with Crippen LogP contribution in [-0.4, -0.2) is 6.54 Å². The Labute approximate surface area is 107 Å². The molecule has 92 valence electrons. The second-order valence-corrected chi connectivity index (χ2v) is 4.78. The third-order valence-electron chi connectivity index (χ3n) is 3.55. The van der Waals surface area contributed by atoms with Gasteiger partial charge in [0.15, 0.2) is 0 Å². The predicted octanol–water partition coefficient (Wildman–Crippen LogP) is 3.06. The molecule has 0 radical (unpaired) electrons. The molecule has 0 atom stereocenters. The highest BCUT2D eigenvalue weighted by atomic mass is 19.1. The van der Waals surface area contributed by atoms with Gasteiger partial charge in [-0.1, -0.05) is 30.3 Å². The predicted molar refractivity (Wildman–Crippen MR) is 71.1 cm³/mol. The Morgan fingerprint density at radius 3 is 2.72 bits per heavy atom. The monoisotopic (exact) mass is 241 g/mol. The highest BCUT2D eigenvalue weighted by Gasteiger charge is 2.12. The van der Waals surface area contributed by atoms with Gasteiger partial charge in [0, 0.05) is 6.54 Å². The van der Waals surface area contributed by atoms with Gasteiger partial charge in [-0.05, 0) is 53.8 Å². The fourth-order valence-corrected chi connectivity index (χ4v) is 2.57. The van der Waals surface area contributed by atoms with Gasteiger partial charge in [-0.15, -0.1) is 0 Å². The van der Waals surface area contributed by atoms with Gasteiger partial charge in [0.05, 0.1) is 0 Å². The van der Waals surface area contributed by atoms with E-state index in [1.165, 1.54) is 28.8 Å². The van der Waals surface area contributed by atoms with E-state index in [0.29, 0.717) is 0 Å². The molecule has 0 unspecified atom stereocenters. The van der Waals surface area contributed by atoms with Crippen LogP contribution in [0.3, 0.4) is 0 Å². The van der Waals surface area contributed by atoms with Gasteiger partial charge in [-0.3, -0.25) is 0 Å². The minimum absolute atomic E-state index is 0.171. The molecule has 0 saturated heterocycles. The fraction of sp³-hybridized carbons (Fsp3) is 0.250. The third kappa shape index (κ3) is 2.29. The van der Waals surface area contributed by atoms with Gasteiger partial charge in [0.25, 0.3) is 0 Å². The zero-order valence-corrected chi connectivity index (χ0v) is 10.2. The summed E-state index contributed by atoms with van der Waals surface area (Å²) in [7, 11) is 0. The van der Waals surface area contributed by atoms with Crippen LogP contribution in [0.5, 0.6) is 0 Å². The zero-order valence-electron chi connectivity index (χ0n) is 10.2. The minimum atomic E-state index is -0.171. The summed E-state index contributed by atoms with van der Waals surface area (Å²) in [6.45, 7) is 2.01. The maximum absolute atomic E-state index is 12.9. The van der Waals surface area contributed by atoms with E-state index < -0.39 is 0 Å². The number of hydrogen-bond acceptors (Lipinski definition) is 1. The number of rotatable bonds is 2. The van der Waals surface area contributed by atoms with Gasteiger partial charge in [-0.2, -0.15) is 0 Å². The molecule has 0 saturated carbocycles. The lowest BCUT2D eigenvalue weighted by Gasteiger charge is -2.20. The average Bonchev–Trinajstić information content (AvgIpc) is 2.42. The molecule has 0 amide bonds. The smallest absolute Gasteiger partial charge is 0.123 e. The molecule has 3 rings (SSSR count). The first-order valence-corrected chi connectivity index (χ1v) is 6.38. The second kappa shape index (κ2) is 4.91. The largest absolute Gasteiger partial charge is 0.312 e. The van der Waals surface area contributed by atoms with Crippen LogP contribution in [0.25, 0.3) is 0 Å². The molecule has 2 heteroatoms. The number of hydrogen-bond donors (Lipinski definition) is 1. The molecule has 0 aromatic heterocycles. The van der Waals surface area contributed by atoms with Gasteiger partial charge in [-0.25, -0.2) is 4.39 Å². The Morgan fingerprint density at radius 2 is 1.89 bits per heavy atom. The van der Waals surface area contributed by atoms with Crippen LogP contribution in [0.2, 0.25) is 0 Å². The van der Waals surface area contributed by atoms with Crippen LogP contribution in [0.1, 0.15) is 22.3 Å². The van der Waals surface area contributed by atoms with E-state index in [2.05, 4.69) is 23.5 Å². The standard InChI is InChI=1S/C16H16FN/c17-15-6-4-12(5-7-15)10-14-3-1-2-13-8-9-18-11-16(13)14/h1-7,18H,8-11H2. The molecule has 1 aliphatic heterocycles. The van der Waals surface area contributed by atoms with E-state index in [4.69, 9.17) is 0 Å². The molecule has 0 spiro atoms. The summed E-state index contributed by atoms with van der Waals surface area (Å²) >= 11 is 0. The van der Waals surface area contributed by atoms with Crippen molar-refractivity contribution in [3.63, 3.8) is 0 Å². The zero-order chi connectivity index (χ0) is 12.4. The van der Waals surface area contributed by atoms with Gasteiger partial charge in [0.1, 0.15) is 5.82 Å². The van der Waals surface area contributed by atoms with Crippen molar-refractivity contribution in [2.24, 2.45) is 0 Å². The van der Waals surface area contributed by atoms with E-state index in [9.17, 15) is 4.39 Å². The van der Waals surface area contributed by atoms with Crippen LogP contribution < -0.4 is 5.32 Å². The SMILES string of the molecule is Fc1ccc(Cc2cccc3c2CNCC3)cc1. The van der Waals surface area contributed by atoms with Crippen molar-refractivity contribution in [1.29, 1.82) is 0 Å². The van der Waals surface area contributed by atoms with Crippen LogP contribution >= 0.6 is 0 Å². The molecule has 1 nitrogen and oxygen atoms in total. The summed E-state index contributed by atoms with van der Waals surface area (Å²) in [5.41, 5.74) is 5.39. The van der Waals surface area contributed by atoms with Crippen molar-refractivity contribution in [3.05, 3.63) is 70.5 Å². The van der Waals surface area contributed by atoms with E-state index in [1.54, 1.807) is 0 Å². The Kier molecular flexibility index (Phi) is 3.11. The first-order chi connectivity index (χ1) is 8.83. The molecule has 2 aromatic rings. The topological polar surface area (TPSA) is 12.0 Å². The summed E-state index contributed by atoms with van der Waals surface area (Å²) in [5.74, 6) is -0.171. The van der Waals surface area contributed by atoms with Crippen LogP contribution in [-0.2, 0) is 19.4 Å². The van der Waals surface area contributed by atoms with Crippen LogP contribution in [0.4, 0.5) is 4.39 Å². The maximum Gasteiger partial charge on any atom is 0.123 e. The number of benzene rings is 2. The molecular weight excluding hydrogens is 225 g/mol. The van der Waals surface area contributed by atoms with Crippen molar-refractivity contribution in [3.8, 4) is 0 Å². The molecule has 0 fully saturated rings. The molecule has 1 heterocycles. The Bertz CT molecular complexity index is 546. The van der Waals surface area contributed by atoms with E-state index >= 15 is 0 Å². The number of halogens is 1. The molecular formula is C16H16FN. The lowest BCUT2D eigenvalue weighted by atomic mass is 9.92. The molecule has 0 aliphatic carbocycles. The average molecular weight is 241 g/mol. The van der Waals surface area contributed by atoms with E-state index in [0.717, 1.165) is 31.5 Å². The molecule has 1 N–H and O–H groups in total. The van der Waals surface area contributed by atoms with Crippen LogP contribution in [0, 0.1) is 5.82 Å². The summed E-state index contributed by atoms with van der Waals surface area (Å²) in [6, 6.07) is 13.3. The Morgan fingerprint density at radius 1 is 1.06 bits per heavy atom.